The van der Waals surface area contributed by atoms with Crippen molar-refractivity contribution < 1.29 is 19.3 Å². The summed E-state index contributed by atoms with van der Waals surface area (Å²) in [6, 6.07) is 45.4. The smallest absolute Gasteiger partial charge is 0.344 e. The van der Waals surface area contributed by atoms with Crippen molar-refractivity contribution in [2.75, 3.05) is 5.32 Å². The summed E-state index contributed by atoms with van der Waals surface area (Å²) in [5, 5.41) is 19.3. The Balaban J connectivity index is 0.000000183. The van der Waals surface area contributed by atoms with Gasteiger partial charge >= 0.3 is 11.1 Å². The predicted octanol–water partition coefficient (Wildman–Crippen LogP) is 8.20. The molecule has 0 aliphatic rings. The summed E-state index contributed by atoms with van der Waals surface area (Å²) in [4.78, 5) is 23.2. The van der Waals surface area contributed by atoms with Gasteiger partial charge in [-0.05, 0) is 66.2 Å². The number of para-hydroxylation sites is 2. The quantitative estimate of drug-likeness (QED) is 0.140. The lowest BCUT2D eigenvalue weighted by Gasteiger charge is -2.14. The van der Waals surface area contributed by atoms with Gasteiger partial charge in [0, 0.05) is 28.0 Å². The number of amides is 1. The van der Waals surface area contributed by atoms with Gasteiger partial charge in [0.05, 0.1) is 0 Å². The van der Waals surface area contributed by atoms with E-state index in [4.69, 9.17) is 11.6 Å². The number of thiazole rings is 1. The van der Waals surface area contributed by atoms with Crippen LogP contribution in [0, 0.1) is 0 Å². The Morgan fingerprint density at radius 2 is 1.29 bits per heavy atom. The maximum Gasteiger partial charge on any atom is 0.344 e. The number of carboxylic acids is 1. The number of carbonyl (C=O) groups excluding carboxylic acids is 1. The number of rotatable bonds is 9. The first-order chi connectivity index (χ1) is 22.0. The van der Waals surface area contributed by atoms with E-state index in [9.17, 15) is 14.7 Å². The number of halogens is 1. The molecule has 3 N–H and O–H groups in total. The second kappa shape index (κ2) is 15.5. The van der Waals surface area contributed by atoms with Gasteiger partial charge in [-0.15, -0.1) is 0 Å². The summed E-state index contributed by atoms with van der Waals surface area (Å²) in [6.07, 6.45) is 0.259. The summed E-state index contributed by atoms with van der Waals surface area (Å²) < 4.78 is 2.24. The number of carboxylic acid groups (broad SMARTS) is 1. The standard InChI is InChI=1S/C21H15ClN2S.C16H15NO3/c22-17-13-11-16(12-14-17)20-15-25-21(23-18-7-3-1-4-8-18)24(20)19-9-5-2-6-10-19;18-15(13-9-5-2-6-10-13)17-14(16(19)20)11-12-7-3-1-4-8-12/h1-15H;1-10,14H,11H2,(H,17,18)(H,19,20)/p+1. The fourth-order valence-corrected chi connectivity index (χ4v) is 5.67. The van der Waals surface area contributed by atoms with Crippen molar-refractivity contribution in [1.82, 2.24) is 5.32 Å². The van der Waals surface area contributed by atoms with Crippen LogP contribution in [0.15, 0.2) is 151 Å². The molecule has 0 bridgehead atoms. The number of anilines is 2. The normalized spacial score (nSPS) is 11.0. The van der Waals surface area contributed by atoms with Crippen molar-refractivity contribution in [1.29, 1.82) is 0 Å². The summed E-state index contributed by atoms with van der Waals surface area (Å²) in [7, 11) is 0. The van der Waals surface area contributed by atoms with Crippen LogP contribution >= 0.6 is 22.9 Å². The number of hydrogen-bond acceptors (Lipinski definition) is 4. The molecule has 8 heteroatoms. The third-order valence-electron chi connectivity index (χ3n) is 6.83. The maximum atomic E-state index is 12.0. The zero-order chi connectivity index (χ0) is 31.4. The molecule has 45 heavy (non-hydrogen) atoms. The fraction of sp³-hybridized carbons (Fsp3) is 0.0541. The summed E-state index contributed by atoms with van der Waals surface area (Å²) in [6.45, 7) is 0. The number of hydrogen-bond donors (Lipinski definition) is 3. The van der Waals surface area contributed by atoms with Crippen molar-refractivity contribution in [3.05, 3.63) is 167 Å². The minimum absolute atomic E-state index is 0.259. The Hall–Kier alpha value is -5.24. The minimum atomic E-state index is -1.04. The Morgan fingerprint density at radius 3 is 1.89 bits per heavy atom. The highest BCUT2D eigenvalue weighted by atomic mass is 35.5. The van der Waals surface area contributed by atoms with E-state index < -0.39 is 12.0 Å². The molecular weight excluding hydrogens is 602 g/mol. The molecular formula is C37H31ClN3O3S+. The van der Waals surface area contributed by atoms with Crippen LogP contribution in [0.4, 0.5) is 10.8 Å². The molecule has 6 nitrogen and oxygen atoms in total. The SMILES string of the molecule is Clc1ccc(-c2csc(Nc3ccccc3)[n+]2-c2ccccc2)cc1.O=C(NC(Cc1ccccc1)C(=O)O)c1ccccc1. The van der Waals surface area contributed by atoms with Crippen molar-refractivity contribution in [3.8, 4) is 16.9 Å². The van der Waals surface area contributed by atoms with Crippen LogP contribution < -0.4 is 15.2 Å². The highest BCUT2D eigenvalue weighted by molar-refractivity contribution is 7.13. The van der Waals surface area contributed by atoms with Crippen LogP contribution in [0.5, 0.6) is 0 Å². The van der Waals surface area contributed by atoms with Gasteiger partial charge in [0.25, 0.3) is 5.91 Å². The van der Waals surface area contributed by atoms with Crippen molar-refractivity contribution in [2.24, 2.45) is 0 Å². The Bertz CT molecular complexity index is 1820. The molecule has 0 radical (unpaired) electrons. The summed E-state index contributed by atoms with van der Waals surface area (Å²) in [5.41, 5.74) is 5.76. The van der Waals surface area contributed by atoms with Gasteiger partial charge in [-0.25, -0.2) is 10.1 Å². The Kier molecular flexibility index (Phi) is 10.7. The molecule has 0 saturated carbocycles. The molecule has 1 atom stereocenters. The van der Waals surface area contributed by atoms with Crippen LogP contribution in [-0.4, -0.2) is 23.0 Å². The molecule has 0 saturated heterocycles. The monoisotopic (exact) mass is 632 g/mol. The third kappa shape index (κ3) is 8.66. The highest BCUT2D eigenvalue weighted by Crippen LogP contribution is 2.28. The van der Waals surface area contributed by atoms with E-state index in [0.29, 0.717) is 5.56 Å². The highest BCUT2D eigenvalue weighted by Gasteiger charge is 2.22. The van der Waals surface area contributed by atoms with Crippen LogP contribution in [0.2, 0.25) is 5.02 Å². The first-order valence-electron chi connectivity index (χ1n) is 14.3. The number of aromatic nitrogens is 1. The van der Waals surface area contributed by atoms with Gasteiger partial charge in [0.15, 0.2) is 5.69 Å². The first kappa shape index (κ1) is 31.2. The average molecular weight is 633 g/mol. The predicted molar refractivity (Wildman–Crippen MR) is 181 cm³/mol. The summed E-state index contributed by atoms with van der Waals surface area (Å²) in [5.74, 6) is -1.42. The van der Waals surface area contributed by atoms with Gasteiger partial charge in [-0.2, -0.15) is 4.57 Å². The molecule has 0 spiro atoms. The fourth-order valence-electron chi connectivity index (χ4n) is 4.59. The Labute approximate surface area is 271 Å². The largest absolute Gasteiger partial charge is 0.480 e. The second-order valence-electron chi connectivity index (χ2n) is 10.0. The van der Waals surface area contributed by atoms with E-state index in [-0.39, 0.29) is 12.3 Å². The van der Waals surface area contributed by atoms with Crippen molar-refractivity contribution in [2.45, 2.75) is 12.5 Å². The maximum absolute atomic E-state index is 12.0. The van der Waals surface area contributed by atoms with Crippen LogP contribution in [0.1, 0.15) is 15.9 Å². The number of aliphatic carboxylic acids is 1. The van der Waals surface area contributed by atoms with Crippen molar-refractivity contribution >= 4 is 45.6 Å². The second-order valence-corrected chi connectivity index (χ2v) is 11.3. The lowest BCUT2D eigenvalue weighted by molar-refractivity contribution is -0.563. The zero-order valence-corrected chi connectivity index (χ0v) is 25.8. The first-order valence-corrected chi connectivity index (χ1v) is 15.5. The molecule has 0 aliphatic heterocycles. The topological polar surface area (TPSA) is 82.3 Å². The molecule has 0 fully saturated rings. The molecule has 224 valence electrons. The lowest BCUT2D eigenvalue weighted by atomic mass is 10.1. The van der Waals surface area contributed by atoms with Gasteiger partial charge in [0.1, 0.15) is 17.4 Å². The molecule has 1 aromatic heterocycles. The third-order valence-corrected chi connectivity index (χ3v) is 7.93. The number of carbonyl (C=O) groups is 2. The van der Waals surface area contributed by atoms with E-state index in [1.807, 2.05) is 66.7 Å². The van der Waals surface area contributed by atoms with E-state index in [1.165, 1.54) is 0 Å². The van der Waals surface area contributed by atoms with Crippen LogP contribution in [0.3, 0.4) is 0 Å². The van der Waals surface area contributed by atoms with Gasteiger partial charge in [-0.3, -0.25) is 4.79 Å². The van der Waals surface area contributed by atoms with Gasteiger partial charge in [-0.1, -0.05) is 108 Å². The average Bonchev–Trinajstić information content (AvgIpc) is 3.50. The molecule has 1 amide bonds. The van der Waals surface area contributed by atoms with Gasteiger partial charge < -0.3 is 10.4 Å². The number of nitrogens with one attached hydrogen (secondary N) is 2. The van der Waals surface area contributed by atoms with E-state index in [2.05, 4.69) is 69.1 Å². The molecule has 5 aromatic carbocycles. The number of benzene rings is 5. The molecule has 6 rings (SSSR count). The molecule has 0 aliphatic carbocycles. The van der Waals surface area contributed by atoms with Crippen LogP contribution in [-0.2, 0) is 11.2 Å². The lowest BCUT2D eigenvalue weighted by Crippen LogP contribution is -2.42. The van der Waals surface area contributed by atoms with Crippen molar-refractivity contribution in [3.63, 3.8) is 0 Å². The minimum Gasteiger partial charge on any atom is -0.480 e. The molecule has 6 aromatic rings. The van der Waals surface area contributed by atoms with E-state index in [0.717, 1.165) is 38.3 Å². The zero-order valence-electron chi connectivity index (χ0n) is 24.2. The molecule has 1 heterocycles. The number of nitrogens with zero attached hydrogens (tertiary/aromatic N) is 1. The molecule has 1 unspecified atom stereocenters. The Morgan fingerprint density at radius 1 is 0.733 bits per heavy atom. The van der Waals surface area contributed by atoms with Crippen LogP contribution in [0.25, 0.3) is 16.9 Å². The van der Waals surface area contributed by atoms with E-state index in [1.54, 1.807) is 41.7 Å². The van der Waals surface area contributed by atoms with Gasteiger partial charge in [0.2, 0.25) is 0 Å². The summed E-state index contributed by atoms with van der Waals surface area (Å²) >= 11 is 7.74. The van der Waals surface area contributed by atoms with E-state index >= 15 is 0 Å².